The summed E-state index contributed by atoms with van der Waals surface area (Å²) in [5.74, 6) is -3.40. The highest BCUT2D eigenvalue weighted by Gasteiger charge is 2.56. The van der Waals surface area contributed by atoms with Crippen LogP contribution >= 0.6 is 19.2 Å². The molecule has 0 aliphatic heterocycles. The first kappa shape index (κ1) is 18.9. The number of hydrogen-bond donors (Lipinski definition) is 3. The second-order valence-electron chi connectivity index (χ2n) is 3.74. The smallest absolute Gasteiger partial charge is 0.444 e. The van der Waals surface area contributed by atoms with Crippen molar-refractivity contribution in [2.24, 2.45) is 11.0 Å². The minimum Gasteiger partial charge on any atom is -0.466 e. The van der Waals surface area contributed by atoms with Crippen LogP contribution in [0.2, 0.25) is 0 Å². The summed E-state index contributed by atoms with van der Waals surface area (Å²) in [5, 5.41) is 2.42. The molecule has 2 amide bonds. The zero-order chi connectivity index (χ0) is 16.0. The molecule has 0 saturated heterocycles. The molecule has 0 aromatic carbocycles. The molecular weight excluding hydrogens is 317 g/mol. The number of esters is 1. The number of rotatable bonds is 8. The number of quaternary nitrogens is 1. The van der Waals surface area contributed by atoms with Crippen LogP contribution in [0.1, 0.15) is 13.3 Å². The van der Waals surface area contributed by atoms with E-state index in [-0.39, 0.29) is 12.5 Å². The predicted molar refractivity (Wildman–Crippen MR) is 68.3 cm³/mol. The third-order valence-electron chi connectivity index (χ3n) is 2.49. The molecule has 0 bridgehead atoms. The molecule has 0 aliphatic rings. The Morgan fingerprint density at radius 1 is 1.50 bits per heavy atom. The van der Waals surface area contributed by atoms with Gasteiger partial charge < -0.3 is 20.3 Å². The van der Waals surface area contributed by atoms with Gasteiger partial charge in [0.1, 0.15) is 13.0 Å². The van der Waals surface area contributed by atoms with Crippen LogP contribution in [0.4, 0.5) is 4.79 Å². The first-order valence-corrected chi connectivity index (χ1v) is 7.66. The van der Waals surface area contributed by atoms with Crippen LogP contribution in [0.25, 0.3) is 0 Å². The number of urea groups is 1. The lowest BCUT2D eigenvalue weighted by Gasteiger charge is -2.30. The van der Waals surface area contributed by atoms with Crippen molar-refractivity contribution in [1.82, 2.24) is 0 Å². The largest absolute Gasteiger partial charge is 0.466 e. The number of alkyl halides is 1. The molecule has 0 fully saturated rings. The van der Waals surface area contributed by atoms with Crippen molar-refractivity contribution >= 4 is 31.2 Å². The van der Waals surface area contributed by atoms with Crippen LogP contribution < -0.4 is 5.73 Å². The van der Waals surface area contributed by atoms with Crippen LogP contribution in [0.5, 0.6) is 0 Å². The Hall–Kier alpha value is -1.06. The number of primary amides is 1. The average molecular weight is 333 g/mol. The van der Waals surface area contributed by atoms with Gasteiger partial charge in [-0.3, -0.25) is 9.36 Å². The third-order valence-corrected chi connectivity index (χ3v) is 4.00. The van der Waals surface area contributed by atoms with Crippen molar-refractivity contribution in [3.63, 3.8) is 0 Å². The SMILES string of the molecule is CCOC(=O)CC([N+](CCCl)(N=O)C(N)=O)P(=O)(O)O. The zero-order valence-electron chi connectivity index (χ0n) is 10.6. The van der Waals surface area contributed by atoms with Crippen LogP contribution in [0.3, 0.4) is 0 Å². The fraction of sp³-hybridized carbons (Fsp3) is 0.750. The number of ether oxygens (including phenoxy) is 1. The van der Waals surface area contributed by atoms with Crippen molar-refractivity contribution in [2.75, 3.05) is 19.0 Å². The molecule has 0 heterocycles. The minimum absolute atomic E-state index is 0.0344. The summed E-state index contributed by atoms with van der Waals surface area (Å²) in [6.07, 6.45) is -0.899. The number of nitrogens with two attached hydrogens (primary N) is 1. The fourth-order valence-electron chi connectivity index (χ4n) is 1.56. The highest BCUT2D eigenvalue weighted by Crippen LogP contribution is 2.48. The van der Waals surface area contributed by atoms with Gasteiger partial charge in [0.25, 0.3) is 0 Å². The van der Waals surface area contributed by atoms with Gasteiger partial charge in [0.05, 0.1) is 12.5 Å². The van der Waals surface area contributed by atoms with Gasteiger partial charge in [0.15, 0.2) is 5.29 Å². The Bertz CT molecular complexity index is 428. The maximum atomic E-state index is 11.5. The molecule has 0 rings (SSSR count). The molecule has 0 aromatic rings. The maximum absolute atomic E-state index is 11.5. The fourth-order valence-corrected chi connectivity index (χ4v) is 2.97. The Kier molecular flexibility index (Phi) is 7.25. The predicted octanol–water partition coefficient (Wildman–Crippen LogP) is 0.259. The molecular formula is C8H16ClN3O7P+. The number of nitrogens with zero attached hydrogens (tertiary/aromatic N) is 2. The lowest BCUT2D eigenvalue weighted by atomic mass is 10.3. The molecule has 116 valence electrons. The summed E-state index contributed by atoms with van der Waals surface area (Å²) in [6, 6.07) is -1.42. The number of halogens is 1. The molecule has 0 aromatic heterocycles. The quantitative estimate of drug-likeness (QED) is 0.144. The lowest BCUT2D eigenvalue weighted by molar-refractivity contribution is -0.867. The van der Waals surface area contributed by atoms with Crippen molar-refractivity contribution < 1.29 is 33.3 Å². The molecule has 10 nitrogen and oxygen atoms in total. The summed E-state index contributed by atoms with van der Waals surface area (Å²) >= 11 is 5.41. The highest BCUT2D eigenvalue weighted by molar-refractivity contribution is 7.52. The Labute approximate surface area is 119 Å². The van der Waals surface area contributed by atoms with E-state index in [4.69, 9.17) is 17.3 Å². The molecule has 4 N–H and O–H groups in total. The van der Waals surface area contributed by atoms with Gasteiger partial charge in [0.2, 0.25) is 5.78 Å². The standard InChI is InChI=1S/C8H15ClN3O7P/c1-2-19-7(13)5-6(20(16,17)18)12(11-15,4-3-9)8(10)14/h6H,2-5H2,1H3,(H3-,10,14,16,17,18)/p+1. The van der Waals surface area contributed by atoms with Crippen molar-refractivity contribution in [3.05, 3.63) is 4.91 Å². The van der Waals surface area contributed by atoms with E-state index in [0.29, 0.717) is 0 Å². The van der Waals surface area contributed by atoms with Crippen LogP contribution in [-0.2, 0) is 14.1 Å². The Morgan fingerprint density at radius 2 is 2.05 bits per heavy atom. The summed E-state index contributed by atoms with van der Waals surface area (Å²) in [7, 11) is -5.06. The molecule has 0 aliphatic carbocycles. The van der Waals surface area contributed by atoms with Gasteiger partial charge in [-0.25, -0.2) is 4.79 Å². The summed E-state index contributed by atoms with van der Waals surface area (Å²) in [4.78, 5) is 52.3. The molecule has 12 heteroatoms. The van der Waals surface area contributed by atoms with E-state index in [1.165, 1.54) is 6.92 Å². The summed E-state index contributed by atoms with van der Waals surface area (Å²) in [5.41, 5.74) is 5.00. The molecule has 2 unspecified atom stereocenters. The molecule has 0 saturated carbocycles. The minimum atomic E-state index is -5.06. The van der Waals surface area contributed by atoms with E-state index in [1.54, 1.807) is 0 Å². The monoisotopic (exact) mass is 332 g/mol. The van der Waals surface area contributed by atoms with Crippen LogP contribution in [0.15, 0.2) is 5.29 Å². The van der Waals surface area contributed by atoms with Crippen molar-refractivity contribution in [1.29, 1.82) is 0 Å². The normalized spacial score (nSPS) is 16.0. The van der Waals surface area contributed by atoms with Gasteiger partial charge >= 0.3 is 19.6 Å². The first-order valence-electron chi connectivity index (χ1n) is 5.45. The van der Waals surface area contributed by atoms with E-state index < -0.39 is 42.9 Å². The number of hydrogen-bond acceptors (Lipinski definition) is 6. The van der Waals surface area contributed by atoms with Gasteiger partial charge in [-0.05, 0) is 6.92 Å². The van der Waals surface area contributed by atoms with E-state index in [9.17, 15) is 28.8 Å². The van der Waals surface area contributed by atoms with E-state index in [0.717, 1.165) is 0 Å². The van der Waals surface area contributed by atoms with Crippen LogP contribution in [0, 0.1) is 4.91 Å². The first-order chi connectivity index (χ1) is 9.15. The lowest BCUT2D eigenvalue weighted by Crippen LogP contribution is -2.59. The zero-order valence-corrected chi connectivity index (χ0v) is 12.3. The number of carbonyl (C=O) groups excluding carboxylic acids is 2. The summed E-state index contributed by atoms with van der Waals surface area (Å²) < 4.78 is 14.3. The van der Waals surface area contributed by atoms with Crippen LogP contribution in [-0.4, -0.2) is 51.2 Å². The topological polar surface area (TPSA) is 156 Å². The summed E-state index contributed by atoms with van der Waals surface area (Å²) in [6.45, 7) is 0.889. The van der Waals surface area contributed by atoms with E-state index in [2.05, 4.69) is 10.0 Å². The highest BCUT2D eigenvalue weighted by atomic mass is 35.5. The van der Waals surface area contributed by atoms with Crippen molar-refractivity contribution in [2.45, 2.75) is 19.1 Å². The number of nitroso groups, excluding NO2 is 1. The Morgan fingerprint density at radius 3 is 2.35 bits per heavy atom. The maximum Gasteiger partial charge on any atom is 0.444 e. The van der Waals surface area contributed by atoms with Gasteiger partial charge in [-0.15, -0.1) is 11.6 Å². The third kappa shape index (κ3) is 4.50. The number of amides is 2. The molecule has 0 radical (unpaired) electrons. The Balaban J connectivity index is 5.67. The molecule has 2 atom stereocenters. The van der Waals surface area contributed by atoms with Crippen molar-refractivity contribution in [3.8, 4) is 0 Å². The second-order valence-corrected chi connectivity index (χ2v) is 5.89. The average Bonchev–Trinajstić information content (AvgIpc) is 2.32. The molecule has 20 heavy (non-hydrogen) atoms. The van der Waals surface area contributed by atoms with Gasteiger partial charge in [-0.1, -0.05) is 9.50 Å². The molecule has 0 spiro atoms. The number of carbonyl (C=O) groups is 2. The second kappa shape index (κ2) is 7.65. The van der Waals surface area contributed by atoms with E-state index in [1.807, 2.05) is 0 Å². The van der Waals surface area contributed by atoms with E-state index >= 15 is 0 Å². The van der Waals surface area contributed by atoms with Gasteiger partial charge in [0, 0.05) is 0 Å². The van der Waals surface area contributed by atoms with Gasteiger partial charge in [-0.2, -0.15) is 0 Å².